The highest BCUT2D eigenvalue weighted by molar-refractivity contribution is 5.69. The van der Waals surface area contributed by atoms with Gasteiger partial charge in [0, 0.05) is 24.9 Å². The number of carbonyl (C=O) groups excluding carboxylic acids is 1. The molecule has 1 aromatic carbocycles. The number of rotatable bonds is 3. The van der Waals surface area contributed by atoms with Crippen LogP contribution in [0.4, 0.5) is 4.79 Å². The van der Waals surface area contributed by atoms with Crippen molar-refractivity contribution in [3.05, 3.63) is 83.0 Å². The molecule has 2 aliphatic rings. The number of hydrogen-bond donors (Lipinski definition) is 1. The van der Waals surface area contributed by atoms with E-state index in [2.05, 4.69) is 6.07 Å². The molecule has 2 heterocycles. The van der Waals surface area contributed by atoms with Crippen LogP contribution in [0.2, 0.25) is 0 Å². The number of nitrogens with zero attached hydrogens (tertiary/aromatic N) is 4. The summed E-state index contributed by atoms with van der Waals surface area (Å²) >= 11 is 0. The van der Waals surface area contributed by atoms with E-state index in [9.17, 15) is 20.6 Å². The first-order valence-electron chi connectivity index (χ1n) is 9.96. The van der Waals surface area contributed by atoms with Crippen molar-refractivity contribution in [3.63, 3.8) is 0 Å². The molecule has 2 atom stereocenters. The first-order valence-corrected chi connectivity index (χ1v) is 9.96. The number of benzene rings is 1. The topological polar surface area (TPSA) is 140 Å². The first kappa shape index (κ1) is 20.8. The summed E-state index contributed by atoms with van der Waals surface area (Å²) in [5, 5.41) is 29.8. The van der Waals surface area contributed by atoms with Gasteiger partial charge in [0.15, 0.2) is 5.41 Å². The third-order valence-electron chi connectivity index (χ3n) is 6.03. The van der Waals surface area contributed by atoms with Gasteiger partial charge in [-0.1, -0.05) is 36.4 Å². The second kappa shape index (κ2) is 8.34. The Labute approximate surface area is 185 Å². The summed E-state index contributed by atoms with van der Waals surface area (Å²) in [7, 11) is 0. The molecule has 158 valence electrons. The molecule has 0 saturated carbocycles. The fourth-order valence-electron chi connectivity index (χ4n) is 4.47. The van der Waals surface area contributed by atoms with E-state index in [1.807, 2.05) is 42.5 Å². The van der Waals surface area contributed by atoms with E-state index in [1.165, 1.54) is 17.4 Å². The van der Waals surface area contributed by atoms with Crippen molar-refractivity contribution < 1.29 is 13.9 Å². The van der Waals surface area contributed by atoms with E-state index in [4.69, 9.17) is 14.9 Å². The van der Waals surface area contributed by atoms with Crippen molar-refractivity contribution >= 4 is 6.09 Å². The number of ether oxygens (including phenoxy) is 1. The van der Waals surface area contributed by atoms with Crippen LogP contribution >= 0.6 is 0 Å². The Morgan fingerprint density at radius 2 is 1.97 bits per heavy atom. The molecule has 4 rings (SSSR count). The van der Waals surface area contributed by atoms with Crippen LogP contribution in [0.3, 0.4) is 0 Å². The third kappa shape index (κ3) is 3.27. The van der Waals surface area contributed by atoms with E-state index >= 15 is 0 Å². The molecular weight excluding hydrogens is 406 g/mol. The zero-order valence-electron chi connectivity index (χ0n) is 17.1. The number of furan rings is 1. The van der Waals surface area contributed by atoms with Gasteiger partial charge in [-0.05, 0) is 22.8 Å². The summed E-state index contributed by atoms with van der Waals surface area (Å²) in [5.74, 6) is -1.23. The second-order valence-corrected chi connectivity index (χ2v) is 7.68. The van der Waals surface area contributed by atoms with Crippen molar-refractivity contribution in [1.29, 1.82) is 15.8 Å². The number of carbonyl (C=O) groups is 1. The van der Waals surface area contributed by atoms with Gasteiger partial charge in [-0.15, -0.1) is 0 Å². The first-order chi connectivity index (χ1) is 15.6. The Bertz CT molecular complexity index is 1200. The highest BCUT2D eigenvalue weighted by Gasteiger charge is 2.55. The molecule has 1 amide bonds. The van der Waals surface area contributed by atoms with Gasteiger partial charge in [-0.3, -0.25) is 0 Å². The highest BCUT2D eigenvalue weighted by Crippen LogP contribution is 2.54. The van der Waals surface area contributed by atoms with Gasteiger partial charge < -0.3 is 19.8 Å². The highest BCUT2D eigenvalue weighted by atomic mass is 16.6. The minimum atomic E-state index is -1.77. The van der Waals surface area contributed by atoms with Crippen LogP contribution in [0.1, 0.15) is 17.0 Å². The largest absolute Gasteiger partial charge is 0.472 e. The molecule has 8 nitrogen and oxygen atoms in total. The summed E-state index contributed by atoms with van der Waals surface area (Å²) in [6.07, 6.45) is 4.14. The summed E-state index contributed by atoms with van der Waals surface area (Å²) in [5.41, 5.74) is 6.60. The van der Waals surface area contributed by atoms with Crippen molar-refractivity contribution in [2.45, 2.75) is 12.5 Å². The fraction of sp³-hybridized carbons (Fsp3) is 0.250. The molecule has 1 aliphatic carbocycles. The molecule has 0 radical (unpaired) electrons. The Kier molecular flexibility index (Phi) is 5.41. The number of amides is 1. The lowest BCUT2D eigenvalue weighted by molar-refractivity contribution is 0.0898. The molecule has 0 spiro atoms. The van der Waals surface area contributed by atoms with Crippen LogP contribution in [0, 0.1) is 45.3 Å². The Hall–Kier alpha value is -4.48. The molecule has 0 unspecified atom stereocenters. The Morgan fingerprint density at radius 3 is 2.59 bits per heavy atom. The normalized spacial score (nSPS) is 21.4. The molecule has 0 bridgehead atoms. The van der Waals surface area contributed by atoms with Gasteiger partial charge in [-0.25, -0.2) is 4.79 Å². The van der Waals surface area contributed by atoms with Gasteiger partial charge in [0.05, 0.1) is 35.9 Å². The Balaban J connectivity index is 1.69. The smallest absolute Gasteiger partial charge is 0.410 e. The van der Waals surface area contributed by atoms with Crippen LogP contribution in [-0.2, 0) is 11.3 Å². The summed E-state index contributed by atoms with van der Waals surface area (Å²) in [6.45, 7) is 0.514. The van der Waals surface area contributed by atoms with Crippen LogP contribution in [0.15, 0.2) is 76.3 Å². The lowest BCUT2D eigenvalue weighted by Crippen LogP contribution is -2.49. The van der Waals surface area contributed by atoms with Crippen molar-refractivity contribution in [2.75, 3.05) is 13.1 Å². The summed E-state index contributed by atoms with van der Waals surface area (Å²) in [6, 6.07) is 17.1. The molecule has 8 heteroatoms. The van der Waals surface area contributed by atoms with E-state index in [-0.39, 0.29) is 31.0 Å². The number of nitrogens with two attached hydrogens (primary N) is 1. The molecule has 1 aliphatic heterocycles. The molecule has 0 fully saturated rings. The average Bonchev–Trinajstić information content (AvgIpc) is 3.36. The van der Waals surface area contributed by atoms with Gasteiger partial charge in [0.25, 0.3) is 0 Å². The number of fused-ring (bicyclic) bond motifs is 1. The van der Waals surface area contributed by atoms with E-state index in [0.29, 0.717) is 11.1 Å². The van der Waals surface area contributed by atoms with Crippen molar-refractivity contribution in [3.8, 4) is 18.2 Å². The van der Waals surface area contributed by atoms with Gasteiger partial charge in [-0.2, -0.15) is 15.8 Å². The summed E-state index contributed by atoms with van der Waals surface area (Å²) in [4.78, 5) is 14.3. The third-order valence-corrected chi connectivity index (χ3v) is 6.03. The lowest BCUT2D eigenvalue weighted by Gasteiger charge is -2.44. The maximum absolute atomic E-state index is 12.8. The number of hydrogen-bond acceptors (Lipinski definition) is 7. The van der Waals surface area contributed by atoms with E-state index in [0.717, 1.165) is 5.56 Å². The SMILES string of the molecule is N#CC1=C(N)C(C#N)(C#N)[C@@H](c2ccoc2)[C@H]2CN(C(=O)OCc3ccccc3)CC=C12. The van der Waals surface area contributed by atoms with Crippen molar-refractivity contribution in [2.24, 2.45) is 17.1 Å². The molecular formula is C24H19N5O3. The number of nitriles is 3. The quantitative estimate of drug-likeness (QED) is 0.795. The van der Waals surface area contributed by atoms with Crippen LogP contribution in [0.25, 0.3) is 0 Å². The zero-order valence-corrected chi connectivity index (χ0v) is 17.1. The van der Waals surface area contributed by atoms with Gasteiger partial charge in [0.2, 0.25) is 0 Å². The maximum Gasteiger partial charge on any atom is 0.410 e. The van der Waals surface area contributed by atoms with E-state index in [1.54, 1.807) is 12.1 Å². The molecule has 32 heavy (non-hydrogen) atoms. The van der Waals surface area contributed by atoms with E-state index < -0.39 is 23.3 Å². The summed E-state index contributed by atoms with van der Waals surface area (Å²) < 4.78 is 10.7. The second-order valence-electron chi connectivity index (χ2n) is 7.68. The molecule has 1 aromatic heterocycles. The van der Waals surface area contributed by atoms with Crippen LogP contribution in [0.5, 0.6) is 0 Å². The van der Waals surface area contributed by atoms with Crippen LogP contribution in [-0.4, -0.2) is 24.1 Å². The van der Waals surface area contributed by atoms with Crippen LogP contribution < -0.4 is 5.73 Å². The predicted octanol–water partition coefficient (Wildman–Crippen LogP) is 3.34. The van der Waals surface area contributed by atoms with Gasteiger partial charge in [0.1, 0.15) is 12.7 Å². The zero-order chi connectivity index (χ0) is 22.7. The lowest BCUT2D eigenvalue weighted by atomic mass is 9.58. The molecule has 2 aromatic rings. The molecule has 0 saturated heterocycles. The van der Waals surface area contributed by atoms with Crippen molar-refractivity contribution in [1.82, 2.24) is 4.90 Å². The minimum Gasteiger partial charge on any atom is -0.472 e. The molecule has 2 N–H and O–H groups in total. The number of allylic oxidation sites excluding steroid dienone is 2. The predicted molar refractivity (Wildman–Crippen MR) is 112 cm³/mol. The fourth-order valence-corrected chi connectivity index (χ4v) is 4.47. The maximum atomic E-state index is 12.8. The standard InChI is InChI=1S/C24H19N5O3/c25-10-19-18-6-8-29(23(30)32-12-16-4-2-1-3-5-16)11-20(18)21(17-7-9-31-13-17)24(14-26,15-27)22(19)28/h1-7,9,13,20-21H,8,11-12,28H2/t20-,21-/m0/s1. The average molecular weight is 425 g/mol. The minimum absolute atomic E-state index is 0.0706. The van der Waals surface area contributed by atoms with Gasteiger partial charge >= 0.3 is 6.09 Å². The monoisotopic (exact) mass is 425 g/mol. The Morgan fingerprint density at radius 1 is 1.22 bits per heavy atom.